The van der Waals surface area contributed by atoms with Gasteiger partial charge in [-0.1, -0.05) is 12.1 Å². The third-order valence-corrected chi connectivity index (χ3v) is 3.41. The standard InChI is InChI=1S/C14H15N3O3/c18-13-9-15-11-3-1-2-4-12(11)17(13)10-14(19)16-5-7-20-8-6-16/h1-4,9H,5-8,10H2. The van der Waals surface area contributed by atoms with Gasteiger partial charge in [0.1, 0.15) is 6.54 Å². The van der Waals surface area contributed by atoms with Crippen molar-refractivity contribution in [2.24, 2.45) is 0 Å². The van der Waals surface area contributed by atoms with Crippen molar-refractivity contribution in [1.29, 1.82) is 0 Å². The first-order chi connectivity index (χ1) is 9.75. The van der Waals surface area contributed by atoms with Gasteiger partial charge >= 0.3 is 0 Å². The highest BCUT2D eigenvalue weighted by atomic mass is 16.5. The number of carbonyl (C=O) groups excluding carboxylic acids is 1. The molecule has 3 rings (SSSR count). The minimum Gasteiger partial charge on any atom is -0.378 e. The molecule has 0 bridgehead atoms. The van der Waals surface area contributed by atoms with Crippen LogP contribution in [0.5, 0.6) is 0 Å². The van der Waals surface area contributed by atoms with E-state index >= 15 is 0 Å². The highest BCUT2D eigenvalue weighted by Crippen LogP contribution is 2.09. The fourth-order valence-corrected chi connectivity index (χ4v) is 2.33. The number of nitrogens with zero attached hydrogens (tertiary/aromatic N) is 3. The number of carbonyl (C=O) groups is 1. The van der Waals surface area contributed by atoms with Gasteiger partial charge in [0, 0.05) is 13.1 Å². The molecule has 1 fully saturated rings. The number of para-hydroxylation sites is 2. The average molecular weight is 273 g/mol. The fourth-order valence-electron chi connectivity index (χ4n) is 2.33. The topological polar surface area (TPSA) is 64.4 Å². The van der Waals surface area contributed by atoms with Gasteiger partial charge in [-0.05, 0) is 12.1 Å². The molecule has 20 heavy (non-hydrogen) atoms. The lowest BCUT2D eigenvalue weighted by atomic mass is 10.3. The highest BCUT2D eigenvalue weighted by molar-refractivity contribution is 5.80. The van der Waals surface area contributed by atoms with Gasteiger partial charge in [0.05, 0.1) is 30.4 Å². The summed E-state index contributed by atoms with van der Waals surface area (Å²) in [7, 11) is 0. The molecule has 104 valence electrons. The van der Waals surface area contributed by atoms with Crippen molar-refractivity contribution in [3.05, 3.63) is 40.8 Å². The number of ether oxygens (including phenoxy) is 1. The van der Waals surface area contributed by atoms with Crippen LogP contribution in [0.3, 0.4) is 0 Å². The van der Waals surface area contributed by atoms with Crippen LogP contribution in [0.15, 0.2) is 35.3 Å². The second kappa shape index (κ2) is 5.42. The van der Waals surface area contributed by atoms with E-state index in [2.05, 4.69) is 4.98 Å². The van der Waals surface area contributed by atoms with Crippen LogP contribution in [0, 0.1) is 0 Å². The van der Waals surface area contributed by atoms with Crippen molar-refractivity contribution in [3.63, 3.8) is 0 Å². The predicted molar refractivity (Wildman–Crippen MR) is 73.4 cm³/mol. The van der Waals surface area contributed by atoms with Crippen LogP contribution < -0.4 is 5.56 Å². The van der Waals surface area contributed by atoms with Crippen LogP contribution in [0.25, 0.3) is 11.0 Å². The smallest absolute Gasteiger partial charge is 0.269 e. The summed E-state index contributed by atoms with van der Waals surface area (Å²) in [4.78, 5) is 30.0. The summed E-state index contributed by atoms with van der Waals surface area (Å²) in [6, 6.07) is 7.31. The second-order valence-electron chi connectivity index (χ2n) is 4.66. The molecule has 1 aliphatic rings. The Hall–Kier alpha value is -2.21. The third kappa shape index (κ3) is 2.42. The lowest BCUT2D eigenvalue weighted by Crippen LogP contribution is -2.43. The molecule has 6 heteroatoms. The first kappa shape index (κ1) is 12.8. The number of hydrogen-bond acceptors (Lipinski definition) is 4. The number of hydrogen-bond donors (Lipinski definition) is 0. The van der Waals surface area contributed by atoms with Crippen molar-refractivity contribution < 1.29 is 9.53 Å². The zero-order valence-electron chi connectivity index (χ0n) is 11.0. The van der Waals surface area contributed by atoms with Crippen LogP contribution in [0.2, 0.25) is 0 Å². The van der Waals surface area contributed by atoms with Gasteiger partial charge in [-0.2, -0.15) is 0 Å². The minimum atomic E-state index is -0.259. The van der Waals surface area contributed by atoms with Crippen LogP contribution in [-0.2, 0) is 16.1 Å². The molecule has 6 nitrogen and oxygen atoms in total. The maximum absolute atomic E-state index is 12.3. The van der Waals surface area contributed by atoms with Crippen molar-refractivity contribution >= 4 is 16.9 Å². The molecule has 0 saturated carbocycles. The van der Waals surface area contributed by atoms with Crippen LogP contribution in [0.4, 0.5) is 0 Å². The fraction of sp³-hybridized carbons (Fsp3) is 0.357. The summed E-state index contributed by atoms with van der Waals surface area (Å²) in [6.07, 6.45) is 1.26. The van der Waals surface area contributed by atoms with Gasteiger partial charge in [-0.15, -0.1) is 0 Å². The van der Waals surface area contributed by atoms with Gasteiger partial charge in [-0.3, -0.25) is 14.2 Å². The Morgan fingerprint density at radius 1 is 1.25 bits per heavy atom. The predicted octanol–water partition coefficient (Wildman–Crippen LogP) is 0.255. The van der Waals surface area contributed by atoms with E-state index in [9.17, 15) is 9.59 Å². The Balaban J connectivity index is 1.92. The van der Waals surface area contributed by atoms with Gasteiger partial charge in [-0.25, -0.2) is 4.98 Å². The Morgan fingerprint density at radius 2 is 2.00 bits per heavy atom. The van der Waals surface area contributed by atoms with Crippen LogP contribution in [-0.4, -0.2) is 46.7 Å². The normalized spacial score (nSPS) is 15.5. The Bertz CT molecular complexity index is 689. The molecule has 0 spiro atoms. The number of rotatable bonds is 2. The van der Waals surface area contributed by atoms with E-state index in [4.69, 9.17) is 4.74 Å². The number of morpholine rings is 1. The zero-order chi connectivity index (χ0) is 13.9. The third-order valence-electron chi connectivity index (χ3n) is 3.41. The summed E-state index contributed by atoms with van der Waals surface area (Å²) >= 11 is 0. The average Bonchev–Trinajstić information content (AvgIpc) is 2.51. The molecule has 1 aromatic heterocycles. The summed E-state index contributed by atoms with van der Waals surface area (Å²) in [6.45, 7) is 2.31. The molecule has 0 atom stereocenters. The Kier molecular flexibility index (Phi) is 3.47. The lowest BCUT2D eigenvalue weighted by Gasteiger charge is -2.27. The minimum absolute atomic E-state index is 0.0435. The van der Waals surface area contributed by atoms with Gasteiger partial charge in [0.25, 0.3) is 5.56 Å². The van der Waals surface area contributed by atoms with Crippen molar-refractivity contribution in [1.82, 2.24) is 14.5 Å². The van der Waals surface area contributed by atoms with E-state index in [1.807, 2.05) is 18.2 Å². The molecule has 0 unspecified atom stereocenters. The van der Waals surface area contributed by atoms with Gasteiger partial charge in [0.2, 0.25) is 5.91 Å². The maximum atomic E-state index is 12.3. The molecule has 1 amide bonds. The molecular weight excluding hydrogens is 258 g/mol. The SMILES string of the molecule is O=C(Cn1c(=O)cnc2ccccc21)N1CCOCC1. The maximum Gasteiger partial charge on any atom is 0.269 e. The van der Waals surface area contributed by atoms with Gasteiger partial charge in [0.15, 0.2) is 0 Å². The van der Waals surface area contributed by atoms with Crippen LogP contribution in [0.1, 0.15) is 0 Å². The van der Waals surface area contributed by atoms with E-state index in [1.165, 1.54) is 10.8 Å². The Labute approximate surface area is 115 Å². The van der Waals surface area contributed by atoms with E-state index in [1.54, 1.807) is 11.0 Å². The van der Waals surface area contributed by atoms with Gasteiger partial charge < -0.3 is 9.64 Å². The largest absolute Gasteiger partial charge is 0.378 e. The first-order valence-corrected chi connectivity index (χ1v) is 6.56. The van der Waals surface area contributed by atoms with Crippen LogP contribution >= 0.6 is 0 Å². The molecule has 0 radical (unpaired) electrons. The number of aromatic nitrogens is 2. The van der Waals surface area contributed by atoms with Crippen molar-refractivity contribution in [2.75, 3.05) is 26.3 Å². The zero-order valence-corrected chi connectivity index (χ0v) is 11.0. The monoisotopic (exact) mass is 273 g/mol. The molecule has 1 saturated heterocycles. The van der Waals surface area contributed by atoms with E-state index in [0.717, 1.165) is 0 Å². The number of amides is 1. The molecule has 1 aromatic carbocycles. The molecule has 0 N–H and O–H groups in total. The van der Waals surface area contributed by atoms with E-state index in [-0.39, 0.29) is 18.0 Å². The van der Waals surface area contributed by atoms with Crippen molar-refractivity contribution in [3.8, 4) is 0 Å². The summed E-state index contributed by atoms with van der Waals surface area (Å²) in [5, 5.41) is 0. The van der Waals surface area contributed by atoms with E-state index < -0.39 is 0 Å². The molecule has 2 aromatic rings. The Morgan fingerprint density at radius 3 is 2.80 bits per heavy atom. The number of fused-ring (bicyclic) bond motifs is 1. The molecule has 2 heterocycles. The molecule has 0 aliphatic carbocycles. The lowest BCUT2D eigenvalue weighted by molar-refractivity contribution is -0.135. The van der Waals surface area contributed by atoms with Crippen molar-refractivity contribution in [2.45, 2.75) is 6.54 Å². The van der Waals surface area contributed by atoms with E-state index in [0.29, 0.717) is 37.3 Å². The second-order valence-corrected chi connectivity index (χ2v) is 4.66. The molecule has 1 aliphatic heterocycles. The first-order valence-electron chi connectivity index (χ1n) is 6.56. The molecular formula is C14H15N3O3. The summed E-state index contributed by atoms with van der Waals surface area (Å²) in [5.74, 6) is -0.0632. The highest BCUT2D eigenvalue weighted by Gasteiger charge is 2.18. The summed E-state index contributed by atoms with van der Waals surface area (Å²) in [5.41, 5.74) is 1.13. The number of benzene rings is 1. The summed E-state index contributed by atoms with van der Waals surface area (Å²) < 4.78 is 6.69. The quantitative estimate of drug-likeness (QED) is 0.787.